The minimum Gasteiger partial charge on any atom is -0.507 e. The number of hydrogen-bond donors (Lipinski definition) is 5. The number of hydrogen-bond acceptors (Lipinski definition) is 16. The Morgan fingerprint density at radius 2 is 1.60 bits per heavy atom. The van der Waals surface area contributed by atoms with Gasteiger partial charge in [-0.3, -0.25) is 29.0 Å². The number of carboxylic acid groups (broad SMARTS) is 1. The number of carboxylic acids is 1. The number of aromatic hydroxyl groups is 2. The van der Waals surface area contributed by atoms with Gasteiger partial charge in [0.15, 0.2) is 5.75 Å². The second-order valence-electron chi connectivity index (χ2n) is 19.3. The summed E-state index contributed by atoms with van der Waals surface area (Å²) in [5.74, 6) is -9.48. The lowest BCUT2D eigenvalue weighted by atomic mass is 9.78. The topological polar surface area (TPSA) is 252 Å². The van der Waals surface area contributed by atoms with E-state index in [1.807, 2.05) is 0 Å². The number of allylic oxidation sites excluding steroid dienone is 2. The number of methoxy groups -OCH3 is 1. The molecule has 5 N–H and O–H groups in total. The Hall–Kier alpha value is -5.85. The highest BCUT2D eigenvalue weighted by Crippen LogP contribution is 2.51. The number of Topliss-reactive ketones (excluding diaryl/α,β-unsaturated/α-hetero) is 1. The van der Waals surface area contributed by atoms with Crippen molar-refractivity contribution >= 4 is 46.1 Å². The second-order valence-corrected chi connectivity index (χ2v) is 19.3. The van der Waals surface area contributed by atoms with Gasteiger partial charge in [-0.15, -0.1) is 0 Å². The molecule has 0 aliphatic carbocycles. The van der Waals surface area contributed by atoms with Crippen molar-refractivity contribution < 1.29 is 68.1 Å². The highest BCUT2D eigenvalue weighted by Gasteiger charge is 2.51. The van der Waals surface area contributed by atoms with Gasteiger partial charge in [0.05, 0.1) is 47.9 Å². The van der Waals surface area contributed by atoms with Crippen LogP contribution in [0.15, 0.2) is 46.1 Å². The Morgan fingerprint density at radius 1 is 0.941 bits per heavy atom. The number of phenolic OH excluding ortho intramolecular Hbond substituents is 2. The van der Waals surface area contributed by atoms with Gasteiger partial charge >= 0.3 is 23.7 Å². The number of nitrogens with one attached hydrogen (secondary N) is 1. The quantitative estimate of drug-likeness (QED) is 0.169. The molecule has 1 fully saturated rings. The summed E-state index contributed by atoms with van der Waals surface area (Å²) in [5.41, 5.74) is -0.347. The zero-order valence-electron chi connectivity index (χ0n) is 40.7. The van der Waals surface area contributed by atoms with Gasteiger partial charge in [-0.2, -0.15) is 0 Å². The average molecular weight is 947 g/mol. The first-order chi connectivity index (χ1) is 31.9. The van der Waals surface area contributed by atoms with Crippen molar-refractivity contribution in [3.8, 4) is 17.2 Å². The number of anilines is 1. The lowest BCUT2D eigenvalue weighted by Gasteiger charge is -2.39. The third kappa shape index (κ3) is 10.3. The van der Waals surface area contributed by atoms with Crippen LogP contribution < -0.4 is 20.8 Å². The molecular weight excluding hydrogens is 881 g/mol. The van der Waals surface area contributed by atoms with Gasteiger partial charge < -0.3 is 54.3 Å². The van der Waals surface area contributed by atoms with Crippen LogP contribution in [0.4, 0.5) is 5.69 Å². The Balaban J connectivity index is 1.55. The van der Waals surface area contributed by atoms with Crippen LogP contribution in [-0.2, 0) is 38.1 Å². The SMILES string of the molecule is CO[C@H]1/C=C/O[C@@]2(C)Oc3c(C)c(O)c4c(O)c(c5c(c4c3C2=O)NC2(CCN(CC(C)C)CC2)N=5)=NC(=O)/C(C)=C\C=C\[C@H](C)[C@H](OC(=O)CCC(=O)O)[C@@H](C)[C@@H](O)[C@@H](C)[C@H](OC(C)=O)[C@@H]1C. The summed E-state index contributed by atoms with van der Waals surface area (Å²) >= 11 is 0. The molecule has 0 aromatic heterocycles. The van der Waals surface area contributed by atoms with Crippen LogP contribution in [0.1, 0.15) is 104 Å². The van der Waals surface area contributed by atoms with E-state index in [0.717, 1.165) is 6.54 Å². The maximum atomic E-state index is 14.8. The molecule has 1 saturated heterocycles. The number of phenols is 2. The molecule has 9 atom stereocenters. The number of fused-ring (bicyclic) bond motifs is 1. The van der Waals surface area contributed by atoms with Gasteiger partial charge in [0.2, 0.25) is 0 Å². The number of ketones is 1. The molecule has 6 rings (SSSR count). The van der Waals surface area contributed by atoms with Crippen LogP contribution in [0.25, 0.3) is 10.8 Å². The van der Waals surface area contributed by atoms with Crippen LogP contribution in [0.5, 0.6) is 17.2 Å². The van der Waals surface area contributed by atoms with Crippen LogP contribution in [0.2, 0.25) is 0 Å². The van der Waals surface area contributed by atoms with E-state index < -0.39 is 113 Å². The summed E-state index contributed by atoms with van der Waals surface area (Å²) < 4.78 is 30.0. The Morgan fingerprint density at radius 3 is 2.22 bits per heavy atom. The van der Waals surface area contributed by atoms with Crippen molar-refractivity contribution in [3.63, 3.8) is 0 Å². The van der Waals surface area contributed by atoms with Crippen LogP contribution in [-0.4, -0.2) is 118 Å². The largest absolute Gasteiger partial charge is 0.507 e. The molecule has 4 bridgehead atoms. The number of ether oxygens (including phenoxy) is 5. The number of amides is 1. The average Bonchev–Trinajstić information content (AvgIpc) is 3.78. The van der Waals surface area contributed by atoms with E-state index >= 15 is 0 Å². The molecule has 4 aliphatic heterocycles. The van der Waals surface area contributed by atoms with Crippen molar-refractivity contribution in [2.75, 3.05) is 32.1 Å². The standard InChI is InChI=1S/C50H66N4O14/c1-24(2)23-54-20-18-50(19-21-54)52-38-35-36-42(60)30(8)46-37(35)47(62)49(10,68-46)65-22-17-32(64-11)27(5)45(66-31(9)55)29(7)41(59)28(6)44(67-34(58)16-15-33(56)57)25(3)13-12-14-26(4)48(63)51-40(43(36)61)39(38)53-50/h12-14,17,22,24-25,27-29,32,41,44-45,52,59-61H,15-16,18-21,23H2,1-11H3,(H,56,57)/b13-12+,22-17+,26-14-,51-40?/t25-,27+,28-,29+,32-,41+,44-,45+,49-/m0/s1. The van der Waals surface area contributed by atoms with Gasteiger partial charge in [0, 0.05) is 93.6 Å². The van der Waals surface area contributed by atoms with Gasteiger partial charge in [0.25, 0.3) is 11.7 Å². The Labute approximate surface area is 395 Å². The van der Waals surface area contributed by atoms with Gasteiger partial charge in [-0.05, 0) is 25.8 Å². The van der Waals surface area contributed by atoms with E-state index in [1.54, 1.807) is 39.8 Å². The van der Waals surface area contributed by atoms with Crippen molar-refractivity contribution in [2.45, 2.75) is 131 Å². The number of aliphatic hydroxyl groups excluding tert-OH is 1. The highest BCUT2D eigenvalue weighted by molar-refractivity contribution is 6.21. The zero-order chi connectivity index (χ0) is 50.2. The van der Waals surface area contributed by atoms with Crippen LogP contribution >= 0.6 is 0 Å². The summed E-state index contributed by atoms with van der Waals surface area (Å²) in [6.07, 6.45) is 3.48. The predicted octanol–water partition coefficient (Wildman–Crippen LogP) is 5.17. The number of likely N-dealkylation sites (tertiary alicyclic amines) is 1. The summed E-state index contributed by atoms with van der Waals surface area (Å²) in [4.78, 5) is 77.8. The van der Waals surface area contributed by atoms with E-state index in [0.29, 0.717) is 31.8 Å². The van der Waals surface area contributed by atoms with Crippen molar-refractivity contribution in [3.05, 3.63) is 58.0 Å². The monoisotopic (exact) mass is 946 g/mol. The molecule has 4 aliphatic rings. The smallest absolute Gasteiger partial charge is 0.312 e. The fourth-order valence-electron chi connectivity index (χ4n) is 9.86. The molecule has 0 radical (unpaired) electrons. The molecule has 2 aromatic carbocycles. The molecule has 0 saturated carbocycles. The molecule has 1 spiro atoms. The van der Waals surface area contributed by atoms with E-state index in [-0.39, 0.29) is 49.6 Å². The minimum absolute atomic E-state index is 0.0202. The third-order valence-electron chi connectivity index (χ3n) is 13.7. The normalized spacial score (nSPS) is 30.3. The van der Waals surface area contributed by atoms with E-state index in [1.165, 1.54) is 53.2 Å². The van der Waals surface area contributed by atoms with Crippen molar-refractivity contribution in [2.24, 2.45) is 39.6 Å². The Bertz CT molecular complexity index is 2560. The van der Waals surface area contributed by atoms with Crippen molar-refractivity contribution in [1.29, 1.82) is 0 Å². The molecule has 4 heterocycles. The molecule has 370 valence electrons. The van der Waals surface area contributed by atoms with Crippen LogP contribution in [0.3, 0.4) is 0 Å². The summed E-state index contributed by atoms with van der Waals surface area (Å²) in [5, 5.41) is 48.8. The summed E-state index contributed by atoms with van der Waals surface area (Å²) in [6, 6.07) is 0. The van der Waals surface area contributed by atoms with Gasteiger partial charge in [0.1, 0.15) is 40.1 Å². The lowest BCUT2D eigenvalue weighted by molar-refractivity contribution is -0.166. The van der Waals surface area contributed by atoms with Crippen LogP contribution in [0, 0.1) is 36.5 Å². The molecular formula is C50H66N4O14. The molecule has 1 amide bonds. The van der Waals surface area contributed by atoms with Gasteiger partial charge in [-0.1, -0.05) is 59.8 Å². The number of carbonyl (C=O) groups is 5. The van der Waals surface area contributed by atoms with Gasteiger partial charge in [-0.25, -0.2) is 4.99 Å². The number of benzene rings is 2. The first kappa shape index (κ1) is 51.5. The predicted molar refractivity (Wildman–Crippen MR) is 248 cm³/mol. The number of nitrogens with zero attached hydrogens (tertiary/aromatic N) is 3. The maximum absolute atomic E-state index is 14.8. The maximum Gasteiger partial charge on any atom is 0.312 e. The number of carbonyl (C=O) groups excluding carboxylic acids is 4. The first-order valence-corrected chi connectivity index (χ1v) is 23.2. The number of piperidine rings is 1. The molecule has 18 heteroatoms. The molecule has 2 aromatic rings. The minimum atomic E-state index is -2.01. The number of rotatable bonds is 8. The van der Waals surface area contributed by atoms with E-state index in [9.17, 15) is 44.4 Å². The fourth-order valence-corrected chi connectivity index (χ4v) is 9.86. The fraction of sp³-hybridized carbons (Fsp3) is 0.580. The highest BCUT2D eigenvalue weighted by atomic mass is 16.7. The summed E-state index contributed by atoms with van der Waals surface area (Å²) in [6.45, 7) is 19.1. The number of aliphatic hydroxyl groups is 1. The molecule has 68 heavy (non-hydrogen) atoms. The molecule has 0 unspecified atom stereocenters. The Kier molecular flexibility index (Phi) is 15.5. The molecule has 18 nitrogen and oxygen atoms in total. The van der Waals surface area contributed by atoms with Crippen molar-refractivity contribution in [1.82, 2.24) is 4.90 Å². The lowest BCUT2D eigenvalue weighted by Crippen LogP contribution is -2.47. The summed E-state index contributed by atoms with van der Waals surface area (Å²) in [7, 11) is 1.43. The zero-order valence-corrected chi connectivity index (χ0v) is 40.7. The second kappa shape index (κ2) is 20.4. The number of aliphatic carboxylic acids is 1. The van der Waals surface area contributed by atoms with E-state index in [4.69, 9.17) is 28.7 Å². The van der Waals surface area contributed by atoms with E-state index in [2.05, 4.69) is 29.1 Å². The third-order valence-corrected chi connectivity index (χ3v) is 13.7. The first-order valence-electron chi connectivity index (χ1n) is 23.2. The number of esters is 2.